The van der Waals surface area contributed by atoms with Crippen LogP contribution in [-0.4, -0.2) is 23.6 Å². The Balaban J connectivity index is 2.61. The van der Waals surface area contributed by atoms with Gasteiger partial charge in [0.1, 0.15) is 6.20 Å². The fourth-order valence-electron chi connectivity index (χ4n) is 1.37. The van der Waals surface area contributed by atoms with Gasteiger partial charge in [0.05, 0.1) is 0 Å². The zero-order valence-electron chi connectivity index (χ0n) is 8.69. The maximum absolute atomic E-state index is 10.6. The van der Waals surface area contributed by atoms with Crippen molar-refractivity contribution >= 4 is 18.0 Å². The van der Waals surface area contributed by atoms with Crippen LogP contribution in [0.15, 0.2) is 18.6 Å². The van der Waals surface area contributed by atoms with Crippen LogP contribution in [0.4, 0.5) is 5.82 Å². The average molecular weight is 239 g/mol. The fraction of sp³-hybridized carbons (Fsp3) is 0.250. The molecule has 2 rings (SSSR count). The van der Waals surface area contributed by atoms with Crippen molar-refractivity contribution in [1.29, 1.82) is 0 Å². The molecule has 2 aromatic rings. The van der Waals surface area contributed by atoms with Crippen molar-refractivity contribution in [1.82, 2.24) is 18.7 Å². The SMILES string of the molecule is Cn1cc([N+](=O)[O-])nc1-n1ccn(C)c1=S. The highest BCUT2D eigenvalue weighted by Gasteiger charge is 2.18. The van der Waals surface area contributed by atoms with E-state index in [1.54, 1.807) is 40.2 Å². The number of hydrogen-bond acceptors (Lipinski definition) is 4. The number of aromatic nitrogens is 4. The van der Waals surface area contributed by atoms with E-state index in [-0.39, 0.29) is 5.82 Å². The van der Waals surface area contributed by atoms with Crippen molar-refractivity contribution < 1.29 is 4.92 Å². The highest BCUT2D eigenvalue weighted by Crippen LogP contribution is 2.14. The van der Waals surface area contributed by atoms with Crippen LogP contribution >= 0.6 is 12.2 Å². The molecule has 0 fully saturated rings. The summed E-state index contributed by atoms with van der Waals surface area (Å²) in [7, 11) is 3.49. The summed E-state index contributed by atoms with van der Waals surface area (Å²) < 4.78 is 5.44. The van der Waals surface area contributed by atoms with Crippen LogP contribution in [0.5, 0.6) is 0 Å². The van der Waals surface area contributed by atoms with Crippen molar-refractivity contribution in [2.45, 2.75) is 0 Å². The van der Waals surface area contributed by atoms with Gasteiger partial charge in [0.15, 0.2) is 4.77 Å². The van der Waals surface area contributed by atoms with Gasteiger partial charge in [-0.25, -0.2) is 4.57 Å². The van der Waals surface area contributed by atoms with Gasteiger partial charge in [-0.15, -0.1) is 0 Å². The van der Waals surface area contributed by atoms with Gasteiger partial charge in [-0.2, -0.15) is 0 Å². The predicted octanol–water partition coefficient (Wildman–Crippen LogP) is 1.19. The number of imidazole rings is 2. The van der Waals surface area contributed by atoms with Crippen LogP contribution in [-0.2, 0) is 14.1 Å². The summed E-state index contributed by atoms with van der Waals surface area (Å²) >= 11 is 5.15. The van der Waals surface area contributed by atoms with Gasteiger partial charge in [-0.05, 0) is 17.1 Å². The van der Waals surface area contributed by atoms with Crippen LogP contribution in [0.1, 0.15) is 0 Å². The maximum atomic E-state index is 10.6. The monoisotopic (exact) mass is 239 g/mol. The molecule has 16 heavy (non-hydrogen) atoms. The Morgan fingerprint density at radius 1 is 1.38 bits per heavy atom. The lowest BCUT2D eigenvalue weighted by molar-refractivity contribution is -0.389. The molecule has 0 aliphatic carbocycles. The van der Waals surface area contributed by atoms with E-state index >= 15 is 0 Å². The highest BCUT2D eigenvalue weighted by molar-refractivity contribution is 7.71. The molecule has 7 nitrogen and oxygen atoms in total. The Bertz CT molecular complexity index is 608. The molecule has 0 saturated heterocycles. The van der Waals surface area contributed by atoms with E-state index in [1.807, 2.05) is 0 Å². The van der Waals surface area contributed by atoms with E-state index in [1.165, 1.54) is 6.20 Å². The number of nitro groups is 1. The first-order chi connectivity index (χ1) is 7.50. The summed E-state index contributed by atoms with van der Waals surface area (Å²) in [6.45, 7) is 0. The summed E-state index contributed by atoms with van der Waals surface area (Å²) in [4.78, 5) is 13.9. The number of aryl methyl sites for hydroxylation is 2. The first-order valence-corrected chi connectivity index (χ1v) is 4.83. The van der Waals surface area contributed by atoms with Crippen LogP contribution < -0.4 is 0 Å². The second-order valence-corrected chi connectivity index (χ2v) is 3.69. The van der Waals surface area contributed by atoms with Crippen molar-refractivity contribution in [2.75, 3.05) is 0 Å². The third-order valence-electron chi connectivity index (χ3n) is 2.19. The standard InChI is InChI=1S/C8H9N5O2S/c1-10-3-4-12(8(10)16)7-9-6(13(14)15)5-11(7)2/h3-5H,1-2H3. The Morgan fingerprint density at radius 3 is 2.50 bits per heavy atom. The summed E-state index contributed by atoms with van der Waals surface area (Å²) in [6.07, 6.45) is 4.83. The second-order valence-electron chi connectivity index (χ2n) is 3.33. The lowest BCUT2D eigenvalue weighted by Crippen LogP contribution is -2.02. The topological polar surface area (TPSA) is 70.8 Å². The maximum Gasteiger partial charge on any atom is 0.384 e. The Labute approximate surface area is 95.7 Å². The summed E-state index contributed by atoms with van der Waals surface area (Å²) in [6, 6.07) is 0. The molecule has 2 aromatic heterocycles. The van der Waals surface area contributed by atoms with Crippen LogP contribution in [0.2, 0.25) is 0 Å². The van der Waals surface area contributed by atoms with Gasteiger partial charge in [0, 0.05) is 31.5 Å². The molecule has 2 heterocycles. The lowest BCUT2D eigenvalue weighted by atomic mass is 10.8. The van der Waals surface area contributed by atoms with Gasteiger partial charge in [-0.1, -0.05) is 0 Å². The molecule has 0 N–H and O–H groups in total. The molecule has 0 aliphatic rings. The fourth-order valence-corrected chi connectivity index (χ4v) is 1.57. The highest BCUT2D eigenvalue weighted by atomic mass is 32.1. The average Bonchev–Trinajstić information content (AvgIpc) is 2.73. The van der Waals surface area contributed by atoms with Crippen LogP contribution in [0.25, 0.3) is 5.95 Å². The largest absolute Gasteiger partial charge is 0.384 e. The quantitative estimate of drug-likeness (QED) is 0.448. The minimum Gasteiger partial charge on any atom is -0.358 e. The zero-order chi connectivity index (χ0) is 11.9. The first kappa shape index (κ1) is 10.6. The van der Waals surface area contributed by atoms with Crippen molar-refractivity contribution in [3.8, 4) is 5.95 Å². The Kier molecular flexibility index (Phi) is 2.35. The number of hydrogen-bond donors (Lipinski definition) is 0. The smallest absolute Gasteiger partial charge is 0.358 e. The summed E-state index contributed by atoms with van der Waals surface area (Å²) in [5, 5.41) is 10.6. The Morgan fingerprint density at radius 2 is 2.06 bits per heavy atom. The zero-order valence-corrected chi connectivity index (χ0v) is 9.51. The molecule has 0 spiro atoms. The van der Waals surface area contributed by atoms with E-state index in [2.05, 4.69) is 4.98 Å². The number of nitrogens with zero attached hydrogens (tertiary/aromatic N) is 5. The predicted molar refractivity (Wildman–Crippen MR) is 59.0 cm³/mol. The van der Waals surface area contributed by atoms with Gasteiger partial charge in [-0.3, -0.25) is 4.57 Å². The van der Waals surface area contributed by atoms with E-state index in [9.17, 15) is 10.1 Å². The molecule has 0 aliphatic heterocycles. The molecule has 0 unspecified atom stereocenters. The van der Waals surface area contributed by atoms with Gasteiger partial charge in [0.25, 0.3) is 0 Å². The van der Waals surface area contributed by atoms with E-state index < -0.39 is 4.92 Å². The summed E-state index contributed by atoms with van der Waals surface area (Å²) in [5.41, 5.74) is 0. The molecular weight excluding hydrogens is 230 g/mol. The van der Waals surface area contributed by atoms with Crippen LogP contribution in [0.3, 0.4) is 0 Å². The molecule has 8 heteroatoms. The minimum atomic E-state index is -0.532. The molecule has 0 bridgehead atoms. The van der Waals surface area contributed by atoms with E-state index in [0.717, 1.165) is 0 Å². The van der Waals surface area contributed by atoms with Crippen molar-refractivity contribution in [3.63, 3.8) is 0 Å². The van der Waals surface area contributed by atoms with Crippen molar-refractivity contribution in [2.24, 2.45) is 14.1 Å². The van der Waals surface area contributed by atoms with Gasteiger partial charge in [0.2, 0.25) is 0 Å². The van der Waals surface area contributed by atoms with E-state index in [4.69, 9.17) is 12.2 Å². The molecule has 0 amide bonds. The third-order valence-corrected chi connectivity index (χ3v) is 2.67. The molecular formula is C8H9N5O2S. The first-order valence-electron chi connectivity index (χ1n) is 4.43. The Hall–Kier alpha value is -1.96. The second kappa shape index (κ2) is 3.56. The molecule has 84 valence electrons. The molecule has 0 radical (unpaired) electrons. The lowest BCUT2D eigenvalue weighted by Gasteiger charge is -1.96. The summed E-state index contributed by atoms with van der Waals surface area (Å²) in [5.74, 6) is 0.237. The molecule has 0 atom stereocenters. The molecule has 0 aromatic carbocycles. The minimum absolute atomic E-state index is 0.191. The van der Waals surface area contributed by atoms with Crippen LogP contribution in [0, 0.1) is 14.9 Å². The molecule has 0 saturated carbocycles. The third kappa shape index (κ3) is 1.52. The normalized spacial score (nSPS) is 10.6. The number of rotatable bonds is 2. The van der Waals surface area contributed by atoms with Gasteiger partial charge < -0.3 is 14.7 Å². The van der Waals surface area contributed by atoms with Gasteiger partial charge >= 0.3 is 11.8 Å². The van der Waals surface area contributed by atoms with Crippen molar-refractivity contribution in [3.05, 3.63) is 33.5 Å². The van der Waals surface area contributed by atoms with E-state index in [0.29, 0.717) is 10.7 Å².